The number of hydrogen-bond donors (Lipinski definition) is 0. The number of imide groups is 1. The SMILES string of the molecule is CN1C(=O)N=NC(C2CCC(N3CCN(c4ncccn4)CC3)CC2)C1=O. The second-order valence-electron chi connectivity index (χ2n) is 7.48. The highest BCUT2D eigenvalue weighted by Crippen LogP contribution is 2.33. The van der Waals surface area contributed by atoms with E-state index in [9.17, 15) is 9.59 Å². The first-order chi connectivity index (χ1) is 13.1. The molecule has 0 aromatic carbocycles. The number of azo groups is 1. The molecule has 9 heteroatoms. The molecule has 0 radical (unpaired) electrons. The van der Waals surface area contributed by atoms with Gasteiger partial charge in [-0.1, -0.05) is 5.11 Å². The van der Waals surface area contributed by atoms with Crippen molar-refractivity contribution in [2.75, 3.05) is 38.1 Å². The zero-order valence-electron chi connectivity index (χ0n) is 15.6. The third-order valence-electron chi connectivity index (χ3n) is 5.99. The van der Waals surface area contributed by atoms with Crippen molar-refractivity contribution in [3.05, 3.63) is 18.5 Å². The van der Waals surface area contributed by atoms with E-state index in [1.165, 1.54) is 7.05 Å². The highest BCUT2D eigenvalue weighted by molar-refractivity contribution is 5.98. The van der Waals surface area contributed by atoms with E-state index in [2.05, 4.69) is 30.0 Å². The number of anilines is 1. The Kier molecular flexibility index (Phi) is 5.11. The first kappa shape index (κ1) is 18.0. The lowest BCUT2D eigenvalue weighted by Gasteiger charge is -2.42. The van der Waals surface area contributed by atoms with Crippen LogP contribution in [-0.2, 0) is 4.79 Å². The lowest BCUT2D eigenvalue weighted by Crippen LogP contribution is -2.52. The van der Waals surface area contributed by atoms with Gasteiger partial charge >= 0.3 is 6.03 Å². The molecular weight excluding hydrogens is 346 g/mol. The summed E-state index contributed by atoms with van der Waals surface area (Å²) in [6.45, 7) is 3.89. The number of likely N-dealkylation sites (N-methyl/N-ethyl adjacent to an activating group) is 1. The predicted octanol–water partition coefficient (Wildman–Crippen LogP) is 1.57. The molecule has 3 amide bonds. The smallest absolute Gasteiger partial charge is 0.338 e. The van der Waals surface area contributed by atoms with E-state index in [4.69, 9.17) is 0 Å². The second kappa shape index (κ2) is 7.67. The third-order valence-corrected chi connectivity index (χ3v) is 5.99. The van der Waals surface area contributed by atoms with Crippen LogP contribution in [0.25, 0.3) is 0 Å². The Morgan fingerprint density at radius 2 is 1.63 bits per heavy atom. The Bertz CT molecular complexity index is 710. The Morgan fingerprint density at radius 1 is 0.963 bits per heavy atom. The fraction of sp³-hybridized carbons (Fsp3) is 0.667. The lowest BCUT2D eigenvalue weighted by molar-refractivity contribution is -0.131. The fourth-order valence-corrected chi connectivity index (χ4v) is 4.34. The van der Waals surface area contributed by atoms with E-state index in [1.54, 1.807) is 12.4 Å². The molecule has 1 saturated heterocycles. The quantitative estimate of drug-likeness (QED) is 0.800. The maximum atomic E-state index is 12.3. The number of urea groups is 1. The van der Waals surface area contributed by atoms with E-state index in [0.717, 1.165) is 62.7 Å². The first-order valence-corrected chi connectivity index (χ1v) is 9.62. The van der Waals surface area contributed by atoms with Gasteiger partial charge in [0.05, 0.1) is 0 Å². The topological polar surface area (TPSA) is 94.4 Å². The van der Waals surface area contributed by atoms with Crippen molar-refractivity contribution in [1.82, 2.24) is 19.8 Å². The number of aromatic nitrogens is 2. The molecule has 0 spiro atoms. The average molecular weight is 371 g/mol. The Balaban J connectivity index is 1.28. The fourth-order valence-electron chi connectivity index (χ4n) is 4.34. The first-order valence-electron chi connectivity index (χ1n) is 9.62. The standard InChI is InChI=1S/C18H25N7O2/c1-23-16(26)15(21-22-18(23)27)13-3-5-14(6-4-13)24-9-11-25(12-10-24)17-19-7-2-8-20-17/h2,7-8,13-15H,3-6,9-12H2,1H3. The molecule has 9 nitrogen and oxygen atoms in total. The van der Waals surface area contributed by atoms with Gasteiger partial charge in [0.1, 0.15) is 0 Å². The largest absolute Gasteiger partial charge is 0.368 e. The molecule has 1 aromatic heterocycles. The van der Waals surface area contributed by atoms with Crippen LogP contribution in [0.1, 0.15) is 25.7 Å². The van der Waals surface area contributed by atoms with Gasteiger partial charge in [-0.25, -0.2) is 14.8 Å². The van der Waals surface area contributed by atoms with Gasteiger partial charge in [-0.05, 0) is 37.7 Å². The van der Waals surface area contributed by atoms with Crippen LogP contribution in [0.4, 0.5) is 10.7 Å². The van der Waals surface area contributed by atoms with Gasteiger partial charge in [-0.3, -0.25) is 14.6 Å². The molecule has 2 aliphatic heterocycles. The molecule has 1 saturated carbocycles. The summed E-state index contributed by atoms with van der Waals surface area (Å²) < 4.78 is 0. The summed E-state index contributed by atoms with van der Waals surface area (Å²) >= 11 is 0. The van der Waals surface area contributed by atoms with Crippen LogP contribution in [0.3, 0.4) is 0 Å². The summed E-state index contributed by atoms with van der Waals surface area (Å²) in [5.74, 6) is 0.780. The zero-order chi connectivity index (χ0) is 18.8. The normalized spacial score (nSPS) is 30.0. The minimum atomic E-state index is -0.565. The summed E-state index contributed by atoms with van der Waals surface area (Å²) in [6, 6.07) is 1.34. The molecule has 1 unspecified atom stereocenters. The highest BCUT2D eigenvalue weighted by Gasteiger charge is 2.39. The summed E-state index contributed by atoms with van der Waals surface area (Å²) in [7, 11) is 1.48. The molecule has 1 atom stereocenters. The molecular formula is C18H25N7O2. The number of rotatable bonds is 3. The number of carbonyl (C=O) groups is 2. The van der Waals surface area contributed by atoms with Gasteiger partial charge in [-0.15, -0.1) is 0 Å². The number of nitrogens with zero attached hydrogens (tertiary/aromatic N) is 7. The summed E-state index contributed by atoms with van der Waals surface area (Å²) in [5.41, 5.74) is 0. The van der Waals surface area contributed by atoms with E-state index >= 15 is 0 Å². The van der Waals surface area contributed by atoms with Gasteiger partial charge in [0.2, 0.25) is 5.95 Å². The lowest BCUT2D eigenvalue weighted by atomic mass is 9.80. The minimum Gasteiger partial charge on any atom is -0.338 e. The molecule has 4 rings (SSSR count). The molecule has 0 bridgehead atoms. The number of piperazine rings is 1. The van der Waals surface area contributed by atoms with E-state index in [0.29, 0.717) is 6.04 Å². The molecule has 0 N–H and O–H groups in total. The van der Waals surface area contributed by atoms with Crippen molar-refractivity contribution < 1.29 is 9.59 Å². The van der Waals surface area contributed by atoms with Crippen molar-refractivity contribution in [2.45, 2.75) is 37.8 Å². The molecule has 2 fully saturated rings. The number of amides is 3. The van der Waals surface area contributed by atoms with Gasteiger partial charge < -0.3 is 4.90 Å². The summed E-state index contributed by atoms with van der Waals surface area (Å²) in [4.78, 5) is 38.3. The average Bonchev–Trinajstić information content (AvgIpc) is 2.73. The monoisotopic (exact) mass is 371 g/mol. The highest BCUT2D eigenvalue weighted by atomic mass is 16.2. The van der Waals surface area contributed by atoms with Crippen LogP contribution in [0.15, 0.2) is 28.7 Å². The zero-order valence-corrected chi connectivity index (χ0v) is 15.6. The molecule has 3 heterocycles. The van der Waals surface area contributed by atoms with Crippen molar-refractivity contribution in [3.63, 3.8) is 0 Å². The van der Waals surface area contributed by atoms with E-state index < -0.39 is 12.1 Å². The van der Waals surface area contributed by atoms with Crippen molar-refractivity contribution in [3.8, 4) is 0 Å². The van der Waals surface area contributed by atoms with Crippen LogP contribution < -0.4 is 4.90 Å². The Labute approximate surface area is 158 Å². The Morgan fingerprint density at radius 3 is 2.30 bits per heavy atom. The molecule has 1 aromatic rings. The molecule has 3 aliphatic rings. The third kappa shape index (κ3) is 3.69. The van der Waals surface area contributed by atoms with Crippen LogP contribution in [0, 0.1) is 5.92 Å². The minimum absolute atomic E-state index is 0.187. The predicted molar refractivity (Wildman–Crippen MR) is 98.4 cm³/mol. The molecule has 1 aliphatic carbocycles. The van der Waals surface area contributed by atoms with Gasteiger partial charge in [0.25, 0.3) is 5.91 Å². The van der Waals surface area contributed by atoms with Crippen molar-refractivity contribution in [1.29, 1.82) is 0 Å². The van der Waals surface area contributed by atoms with Crippen LogP contribution in [0.5, 0.6) is 0 Å². The van der Waals surface area contributed by atoms with Crippen molar-refractivity contribution in [2.24, 2.45) is 16.1 Å². The van der Waals surface area contributed by atoms with Crippen LogP contribution >= 0.6 is 0 Å². The maximum absolute atomic E-state index is 12.3. The number of carbonyl (C=O) groups excluding carboxylic acids is 2. The van der Waals surface area contributed by atoms with E-state index in [1.807, 2.05) is 6.07 Å². The van der Waals surface area contributed by atoms with E-state index in [-0.39, 0.29) is 11.8 Å². The second-order valence-corrected chi connectivity index (χ2v) is 7.48. The van der Waals surface area contributed by atoms with Crippen LogP contribution in [0.2, 0.25) is 0 Å². The van der Waals surface area contributed by atoms with Gasteiger partial charge in [0, 0.05) is 51.7 Å². The molecule has 144 valence electrons. The van der Waals surface area contributed by atoms with Crippen molar-refractivity contribution >= 4 is 17.9 Å². The Hall–Kier alpha value is -2.42. The molecule has 27 heavy (non-hydrogen) atoms. The van der Waals surface area contributed by atoms with Crippen LogP contribution in [-0.4, -0.2) is 77.0 Å². The number of hydrogen-bond acceptors (Lipinski definition) is 7. The summed E-state index contributed by atoms with van der Waals surface area (Å²) in [6.07, 6.45) is 7.58. The van der Waals surface area contributed by atoms with Gasteiger partial charge in [0.15, 0.2) is 6.04 Å². The maximum Gasteiger partial charge on any atom is 0.368 e. The van der Waals surface area contributed by atoms with Gasteiger partial charge in [-0.2, -0.15) is 5.11 Å². The summed E-state index contributed by atoms with van der Waals surface area (Å²) in [5, 5.41) is 7.62.